The normalized spacial score (nSPS) is 13.9. The minimum atomic E-state index is -4.38. The van der Waals surface area contributed by atoms with Crippen molar-refractivity contribution in [1.82, 2.24) is 0 Å². The summed E-state index contributed by atoms with van der Waals surface area (Å²) in [5.41, 5.74) is 0. The zero-order chi connectivity index (χ0) is 42.1. The second-order valence-corrected chi connectivity index (χ2v) is 18.2. The van der Waals surface area contributed by atoms with Crippen LogP contribution in [0.2, 0.25) is 0 Å². The molecule has 0 amide bonds. The topological polar surface area (TPSA) is 108 Å². The summed E-state index contributed by atoms with van der Waals surface area (Å²) in [5.74, 6) is -0.803. The average Bonchev–Trinajstić information content (AvgIpc) is 3.16. The van der Waals surface area contributed by atoms with Gasteiger partial charge < -0.3 is 18.9 Å². The van der Waals surface area contributed by atoms with Crippen molar-refractivity contribution >= 4 is 19.8 Å². The van der Waals surface area contributed by atoms with E-state index >= 15 is 0 Å². The lowest BCUT2D eigenvalue weighted by molar-refractivity contribution is -0.870. The van der Waals surface area contributed by atoms with Crippen LogP contribution in [-0.2, 0) is 32.7 Å². The van der Waals surface area contributed by atoms with Crippen LogP contribution in [0.25, 0.3) is 0 Å². The van der Waals surface area contributed by atoms with Gasteiger partial charge >= 0.3 is 19.8 Å². The van der Waals surface area contributed by atoms with Gasteiger partial charge in [0.1, 0.15) is 19.8 Å². The summed E-state index contributed by atoms with van der Waals surface area (Å²) in [7, 11) is 1.47. The molecule has 0 heterocycles. The Bertz CT molecular complexity index is 1070. The molecule has 0 fully saturated rings. The van der Waals surface area contributed by atoms with Crippen molar-refractivity contribution in [2.24, 2.45) is 0 Å². The molecular formula is C47H89NO8P+. The van der Waals surface area contributed by atoms with Crippen molar-refractivity contribution in [1.29, 1.82) is 0 Å². The molecule has 0 rings (SSSR count). The van der Waals surface area contributed by atoms with Crippen molar-refractivity contribution in [3.8, 4) is 0 Å². The Hall–Kier alpha value is -1.77. The van der Waals surface area contributed by atoms with Gasteiger partial charge in [-0.3, -0.25) is 18.6 Å². The van der Waals surface area contributed by atoms with Crippen LogP contribution in [0.5, 0.6) is 0 Å². The highest BCUT2D eigenvalue weighted by Crippen LogP contribution is 2.43. The molecule has 9 nitrogen and oxygen atoms in total. The van der Waals surface area contributed by atoms with Gasteiger partial charge in [-0.25, -0.2) is 4.57 Å². The first-order valence-electron chi connectivity index (χ1n) is 23.2. The van der Waals surface area contributed by atoms with Gasteiger partial charge in [0.05, 0.1) is 27.7 Å². The standard InChI is InChI=1S/C47H88NO8P/c1-6-8-10-12-14-16-18-20-22-24-26-28-30-32-34-36-38-40-47(50)56-45(44-55-57(51,52)54-42-41-48(3,4)5)43-53-46(49)39-37-35-33-31-29-27-25-23-21-19-17-15-13-11-9-7-2/h8,10,14,16,20,22,45H,6-7,9,11-13,15,17-19,21,23-44H2,1-5H3/p+1/b10-8-,16-14-,22-20-. The van der Waals surface area contributed by atoms with E-state index in [1.165, 1.54) is 103 Å². The zero-order valence-electron chi connectivity index (χ0n) is 37.6. The Morgan fingerprint density at radius 2 is 1.00 bits per heavy atom. The number of quaternary nitrogens is 1. The van der Waals surface area contributed by atoms with Gasteiger partial charge in [-0.05, 0) is 44.9 Å². The number of esters is 2. The maximum atomic E-state index is 12.7. The second kappa shape index (κ2) is 39.7. The quantitative estimate of drug-likeness (QED) is 0.0213. The predicted octanol–water partition coefficient (Wildman–Crippen LogP) is 13.3. The number of phosphoric ester groups is 1. The number of likely N-dealkylation sites (N-methyl/N-ethyl adjacent to an activating group) is 1. The van der Waals surface area contributed by atoms with E-state index in [0.29, 0.717) is 23.9 Å². The van der Waals surface area contributed by atoms with Crippen LogP contribution in [0.1, 0.15) is 200 Å². The van der Waals surface area contributed by atoms with E-state index < -0.39 is 26.5 Å². The second-order valence-electron chi connectivity index (χ2n) is 16.8. The molecule has 0 aromatic heterocycles. The summed E-state index contributed by atoms with van der Waals surface area (Å²) >= 11 is 0. The minimum absolute atomic E-state index is 0.0303. The summed E-state index contributed by atoms with van der Waals surface area (Å²) in [6.45, 7) is 4.32. The average molecular weight is 827 g/mol. The molecule has 10 heteroatoms. The fraction of sp³-hybridized carbons (Fsp3) is 0.830. The van der Waals surface area contributed by atoms with E-state index in [4.69, 9.17) is 18.5 Å². The third-order valence-corrected chi connectivity index (χ3v) is 10.9. The van der Waals surface area contributed by atoms with E-state index in [1.54, 1.807) is 0 Å². The number of phosphoric acid groups is 1. The molecule has 0 radical (unpaired) electrons. The van der Waals surface area contributed by atoms with Crippen LogP contribution in [0, 0.1) is 0 Å². The van der Waals surface area contributed by atoms with Crippen molar-refractivity contribution in [2.45, 2.75) is 206 Å². The largest absolute Gasteiger partial charge is 0.472 e. The van der Waals surface area contributed by atoms with Gasteiger partial charge in [0.2, 0.25) is 0 Å². The highest BCUT2D eigenvalue weighted by atomic mass is 31.2. The highest BCUT2D eigenvalue weighted by molar-refractivity contribution is 7.47. The Balaban J connectivity index is 4.32. The molecule has 0 bridgehead atoms. The first-order valence-corrected chi connectivity index (χ1v) is 24.7. The lowest BCUT2D eigenvalue weighted by atomic mass is 10.0. The SMILES string of the molecule is CC/C=C\C/C=C\C/C=C\CCCCCCCCCC(=O)OC(COC(=O)CCCCCCCCCCCCCCCCCC)COP(=O)(O)OCC[N+](C)(C)C. The lowest BCUT2D eigenvalue weighted by Crippen LogP contribution is -2.37. The summed E-state index contributed by atoms with van der Waals surface area (Å²) in [6, 6.07) is 0. The van der Waals surface area contributed by atoms with Gasteiger partial charge in [0.15, 0.2) is 6.10 Å². The molecule has 0 aliphatic rings. The van der Waals surface area contributed by atoms with Crippen LogP contribution < -0.4 is 0 Å². The third kappa shape index (κ3) is 43.6. The molecule has 2 atom stereocenters. The Labute approximate surface area is 351 Å². The molecule has 0 aromatic rings. The molecule has 334 valence electrons. The number of hydrogen-bond acceptors (Lipinski definition) is 7. The van der Waals surface area contributed by atoms with Crippen LogP contribution in [0.15, 0.2) is 36.5 Å². The number of allylic oxidation sites excluding steroid dienone is 6. The molecule has 0 spiro atoms. The molecule has 57 heavy (non-hydrogen) atoms. The van der Waals surface area contributed by atoms with E-state index in [9.17, 15) is 19.0 Å². The van der Waals surface area contributed by atoms with Gasteiger partial charge in [-0.15, -0.1) is 0 Å². The van der Waals surface area contributed by atoms with E-state index in [0.717, 1.165) is 64.2 Å². The van der Waals surface area contributed by atoms with Crippen molar-refractivity contribution in [2.75, 3.05) is 47.5 Å². The maximum Gasteiger partial charge on any atom is 0.472 e. The third-order valence-electron chi connectivity index (χ3n) is 9.93. The fourth-order valence-corrected chi connectivity index (χ4v) is 7.06. The smallest absolute Gasteiger partial charge is 0.462 e. The molecule has 0 aliphatic carbocycles. The minimum Gasteiger partial charge on any atom is -0.462 e. The summed E-state index contributed by atoms with van der Waals surface area (Å²) in [5, 5.41) is 0. The number of carbonyl (C=O) groups is 2. The molecule has 0 aromatic carbocycles. The van der Waals surface area contributed by atoms with Crippen molar-refractivity contribution in [3.63, 3.8) is 0 Å². The summed E-state index contributed by atoms with van der Waals surface area (Å²) < 4.78 is 34.4. The molecule has 0 aliphatic heterocycles. The molecular weight excluding hydrogens is 737 g/mol. The van der Waals surface area contributed by atoms with Gasteiger partial charge in [-0.2, -0.15) is 0 Å². The monoisotopic (exact) mass is 827 g/mol. The van der Waals surface area contributed by atoms with Crippen LogP contribution in [0.4, 0.5) is 0 Å². The van der Waals surface area contributed by atoms with Crippen LogP contribution in [-0.4, -0.2) is 74.9 Å². The Morgan fingerprint density at radius 1 is 0.561 bits per heavy atom. The number of ether oxygens (including phenoxy) is 2. The van der Waals surface area contributed by atoms with E-state index in [2.05, 4.69) is 50.3 Å². The maximum absolute atomic E-state index is 12.7. The number of rotatable bonds is 42. The lowest BCUT2D eigenvalue weighted by Gasteiger charge is -2.24. The summed E-state index contributed by atoms with van der Waals surface area (Å²) in [6.07, 6.45) is 44.7. The van der Waals surface area contributed by atoms with Crippen LogP contribution >= 0.6 is 7.82 Å². The first-order chi connectivity index (χ1) is 27.5. The Morgan fingerprint density at radius 3 is 1.49 bits per heavy atom. The first kappa shape index (κ1) is 55.2. The number of carbonyl (C=O) groups excluding carboxylic acids is 2. The molecule has 1 N–H and O–H groups in total. The highest BCUT2D eigenvalue weighted by Gasteiger charge is 2.27. The van der Waals surface area contributed by atoms with Crippen molar-refractivity contribution < 1.29 is 42.1 Å². The zero-order valence-corrected chi connectivity index (χ0v) is 38.5. The predicted molar refractivity (Wildman–Crippen MR) is 238 cm³/mol. The van der Waals surface area contributed by atoms with Crippen molar-refractivity contribution in [3.05, 3.63) is 36.5 Å². The summed E-state index contributed by atoms with van der Waals surface area (Å²) in [4.78, 5) is 35.4. The number of hydrogen-bond donors (Lipinski definition) is 1. The van der Waals surface area contributed by atoms with Gasteiger partial charge in [0, 0.05) is 12.8 Å². The molecule has 0 saturated heterocycles. The van der Waals surface area contributed by atoms with Gasteiger partial charge in [0.25, 0.3) is 0 Å². The molecule has 0 saturated carbocycles. The van der Waals surface area contributed by atoms with Crippen LogP contribution in [0.3, 0.4) is 0 Å². The van der Waals surface area contributed by atoms with E-state index in [-0.39, 0.29) is 25.6 Å². The number of unbranched alkanes of at least 4 members (excludes halogenated alkanes) is 22. The van der Waals surface area contributed by atoms with E-state index in [1.807, 2.05) is 21.1 Å². The molecule has 2 unspecified atom stereocenters. The fourth-order valence-electron chi connectivity index (χ4n) is 6.32. The Kier molecular flexibility index (Phi) is 38.4. The number of nitrogens with zero attached hydrogens (tertiary/aromatic N) is 1. The van der Waals surface area contributed by atoms with Gasteiger partial charge in [-0.1, -0.05) is 179 Å².